The van der Waals surface area contributed by atoms with E-state index in [1.807, 2.05) is 0 Å². The lowest BCUT2D eigenvalue weighted by Gasteiger charge is -2.44. The third-order valence-electron chi connectivity index (χ3n) is 8.13. The minimum Gasteiger partial charge on any atom is -0.480 e. The molecule has 212 valence electrons. The SMILES string of the molecule is Cc1c(F)cc2c3c1c(=O)c(C(=O)NC(C(=O)NC1C(=O)N4C1SC(C)(C)C4C(=O)O)c1ccccc1)cn3CC2. The van der Waals surface area contributed by atoms with Crippen molar-refractivity contribution in [2.45, 2.75) is 62.0 Å². The molecule has 4 unspecified atom stereocenters. The number of thioether (sulfide) groups is 1. The molecule has 4 atom stereocenters. The van der Waals surface area contributed by atoms with Gasteiger partial charge < -0.3 is 25.2 Å². The van der Waals surface area contributed by atoms with Crippen LogP contribution in [0.5, 0.6) is 0 Å². The van der Waals surface area contributed by atoms with Gasteiger partial charge in [-0.3, -0.25) is 19.2 Å². The molecule has 0 spiro atoms. The molecule has 3 aliphatic heterocycles. The average Bonchev–Trinajstić information content (AvgIpc) is 3.45. The number of carbonyl (C=O) groups excluding carboxylic acids is 3. The van der Waals surface area contributed by atoms with E-state index in [-0.39, 0.29) is 16.5 Å². The first-order chi connectivity index (χ1) is 19.4. The van der Waals surface area contributed by atoms with E-state index in [0.29, 0.717) is 29.6 Å². The maximum absolute atomic E-state index is 14.6. The van der Waals surface area contributed by atoms with Gasteiger partial charge in [0, 0.05) is 17.5 Å². The van der Waals surface area contributed by atoms with Crippen molar-refractivity contribution in [3.05, 3.63) is 80.9 Å². The van der Waals surface area contributed by atoms with Crippen molar-refractivity contribution in [1.82, 2.24) is 20.1 Å². The summed E-state index contributed by atoms with van der Waals surface area (Å²) in [7, 11) is 0. The number of hydrogen-bond acceptors (Lipinski definition) is 6. The molecule has 10 nitrogen and oxygen atoms in total. The Morgan fingerprint density at radius 2 is 1.88 bits per heavy atom. The first-order valence-corrected chi connectivity index (χ1v) is 14.0. The summed E-state index contributed by atoms with van der Waals surface area (Å²) in [4.78, 5) is 66.7. The van der Waals surface area contributed by atoms with Crippen molar-refractivity contribution in [1.29, 1.82) is 0 Å². The van der Waals surface area contributed by atoms with Crippen molar-refractivity contribution in [2.75, 3.05) is 0 Å². The van der Waals surface area contributed by atoms with Gasteiger partial charge in [-0.15, -0.1) is 11.8 Å². The van der Waals surface area contributed by atoms with E-state index in [0.717, 1.165) is 0 Å². The number of carboxylic acids is 1. The van der Waals surface area contributed by atoms with E-state index in [9.17, 15) is 33.5 Å². The topological polar surface area (TPSA) is 138 Å². The lowest BCUT2D eigenvalue weighted by molar-refractivity contribution is -0.161. The Hall–Kier alpha value is -4.19. The van der Waals surface area contributed by atoms with E-state index < -0.39 is 63.2 Å². The number of aryl methyl sites for hydroxylation is 3. The van der Waals surface area contributed by atoms with Gasteiger partial charge in [0.25, 0.3) is 5.91 Å². The largest absolute Gasteiger partial charge is 0.480 e. The standard InChI is InChI=1S/C29H27FN4O6S/c1-13-17(30)11-15-9-10-33-12-16(22(35)18(13)21(15)33)24(36)31-19(14-7-5-4-6-8-14)25(37)32-20-26(38)34-23(28(39)40)29(2,3)41-27(20)34/h4-8,11-12,19-20,23,27H,9-10H2,1-3H3,(H,31,36)(H,32,37)(H,39,40). The Morgan fingerprint density at radius 1 is 1.17 bits per heavy atom. The molecular weight excluding hydrogens is 551 g/mol. The van der Waals surface area contributed by atoms with Crippen LogP contribution in [0.1, 0.15) is 46.9 Å². The lowest BCUT2D eigenvalue weighted by Crippen LogP contribution is -2.71. The zero-order valence-corrected chi connectivity index (χ0v) is 23.3. The number of β-lactam (4-membered cyclic amide) rings is 1. The van der Waals surface area contributed by atoms with E-state index >= 15 is 0 Å². The molecule has 2 saturated heterocycles. The molecule has 4 heterocycles. The Labute approximate surface area is 237 Å². The van der Waals surface area contributed by atoms with Crippen LogP contribution in [0.3, 0.4) is 0 Å². The summed E-state index contributed by atoms with van der Waals surface area (Å²) in [5.41, 5.74) is 1.02. The van der Waals surface area contributed by atoms with Crippen molar-refractivity contribution < 1.29 is 28.7 Å². The third kappa shape index (κ3) is 4.11. The minimum absolute atomic E-state index is 0.139. The fourth-order valence-corrected chi connectivity index (χ4v) is 7.74. The number of aromatic nitrogens is 1. The molecule has 0 aliphatic carbocycles. The van der Waals surface area contributed by atoms with Crippen molar-refractivity contribution in [2.24, 2.45) is 0 Å². The molecule has 41 heavy (non-hydrogen) atoms. The molecule has 12 heteroatoms. The predicted octanol–water partition coefficient (Wildman–Crippen LogP) is 2.11. The first-order valence-electron chi connectivity index (χ1n) is 13.1. The lowest BCUT2D eigenvalue weighted by atomic mass is 9.95. The third-order valence-corrected chi connectivity index (χ3v) is 9.70. The molecule has 2 fully saturated rings. The number of hydrogen-bond donors (Lipinski definition) is 3. The highest BCUT2D eigenvalue weighted by atomic mass is 32.2. The van der Waals surface area contributed by atoms with Crippen LogP contribution in [0.2, 0.25) is 0 Å². The molecule has 0 saturated carbocycles. The molecule has 2 aromatic carbocycles. The maximum atomic E-state index is 14.6. The molecular formula is C29H27FN4O6S. The quantitative estimate of drug-likeness (QED) is 0.381. The number of carboxylic acid groups (broad SMARTS) is 1. The van der Waals surface area contributed by atoms with E-state index in [2.05, 4.69) is 10.6 Å². The number of fused-ring (bicyclic) bond motifs is 1. The number of benzene rings is 2. The van der Waals surface area contributed by atoms with E-state index in [1.54, 1.807) is 48.7 Å². The zero-order valence-electron chi connectivity index (χ0n) is 22.4. The maximum Gasteiger partial charge on any atom is 0.327 e. The molecule has 3 aliphatic rings. The number of amides is 3. The number of carbonyl (C=O) groups is 4. The number of halogens is 1. The monoisotopic (exact) mass is 578 g/mol. The smallest absolute Gasteiger partial charge is 0.327 e. The normalized spacial score (nSPS) is 22.7. The molecule has 6 rings (SSSR count). The van der Waals surface area contributed by atoms with Gasteiger partial charge in [-0.25, -0.2) is 9.18 Å². The van der Waals surface area contributed by atoms with Crippen LogP contribution in [-0.4, -0.2) is 60.5 Å². The van der Waals surface area contributed by atoms with Gasteiger partial charge in [-0.2, -0.15) is 0 Å². The molecule has 3 aromatic rings. The average molecular weight is 579 g/mol. The molecule has 3 N–H and O–H groups in total. The number of nitrogens with one attached hydrogen (secondary N) is 2. The number of pyridine rings is 1. The van der Waals surface area contributed by atoms with Crippen LogP contribution in [0.25, 0.3) is 10.9 Å². The summed E-state index contributed by atoms with van der Waals surface area (Å²) in [5.74, 6) is -3.66. The Balaban J connectivity index is 1.30. The summed E-state index contributed by atoms with van der Waals surface area (Å²) in [5, 5.41) is 14.6. The van der Waals surface area contributed by atoms with Gasteiger partial charge in [0.15, 0.2) is 0 Å². The zero-order chi connectivity index (χ0) is 29.4. The van der Waals surface area contributed by atoms with Crippen molar-refractivity contribution in [3.8, 4) is 0 Å². The van der Waals surface area contributed by atoms with Gasteiger partial charge in [0.1, 0.15) is 34.9 Å². The summed E-state index contributed by atoms with van der Waals surface area (Å²) in [6, 6.07) is 6.51. The van der Waals surface area contributed by atoms with Crippen molar-refractivity contribution in [3.63, 3.8) is 0 Å². The highest BCUT2D eigenvalue weighted by molar-refractivity contribution is 8.01. The Bertz CT molecular complexity index is 1720. The van der Waals surface area contributed by atoms with Gasteiger partial charge in [0.05, 0.1) is 10.9 Å². The second-order valence-corrected chi connectivity index (χ2v) is 12.9. The number of aliphatic carboxylic acids is 1. The van der Waals surface area contributed by atoms with E-state index in [1.165, 1.54) is 35.8 Å². The fourth-order valence-electron chi connectivity index (χ4n) is 6.11. The van der Waals surface area contributed by atoms with Crippen LogP contribution in [-0.2, 0) is 27.3 Å². The van der Waals surface area contributed by atoms with Crippen molar-refractivity contribution >= 4 is 46.4 Å². The van der Waals surface area contributed by atoms with Crippen LogP contribution in [0.4, 0.5) is 4.39 Å². The highest BCUT2D eigenvalue weighted by Crippen LogP contribution is 2.50. The van der Waals surface area contributed by atoms with Crippen LogP contribution in [0.15, 0.2) is 47.4 Å². The summed E-state index contributed by atoms with van der Waals surface area (Å²) < 4.78 is 15.6. The fraction of sp³-hybridized carbons (Fsp3) is 0.345. The van der Waals surface area contributed by atoms with Gasteiger partial charge >= 0.3 is 5.97 Å². The molecule has 1 aromatic heterocycles. The van der Waals surface area contributed by atoms with Gasteiger partial charge in [-0.1, -0.05) is 30.3 Å². The second-order valence-electron chi connectivity index (χ2n) is 11.1. The molecule has 0 radical (unpaired) electrons. The van der Waals surface area contributed by atoms with Crippen LogP contribution < -0.4 is 16.1 Å². The summed E-state index contributed by atoms with van der Waals surface area (Å²) >= 11 is 1.29. The summed E-state index contributed by atoms with van der Waals surface area (Å²) in [6.07, 6.45) is 1.96. The Morgan fingerprint density at radius 3 is 2.56 bits per heavy atom. The van der Waals surface area contributed by atoms with Crippen LogP contribution in [0, 0.1) is 12.7 Å². The summed E-state index contributed by atoms with van der Waals surface area (Å²) in [6.45, 7) is 5.44. The molecule has 3 amide bonds. The predicted molar refractivity (Wildman–Crippen MR) is 149 cm³/mol. The van der Waals surface area contributed by atoms with Gasteiger partial charge in [-0.05, 0) is 49.9 Å². The number of rotatable bonds is 6. The second kappa shape index (κ2) is 9.44. The first kappa shape index (κ1) is 27.0. The van der Waals surface area contributed by atoms with Gasteiger partial charge in [0.2, 0.25) is 17.2 Å². The molecule has 0 bridgehead atoms. The minimum atomic E-state index is -1.27. The Kier molecular flexibility index (Phi) is 6.22. The number of nitrogens with zero attached hydrogens (tertiary/aromatic N) is 2. The van der Waals surface area contributed by atoms with Crippen LogP contribution >= 0.6 is 11.8 Å². The van der Waals surface area contributed by atoms with E-state index in [4.69, 9.17) is 0 Å². The highest BCUT2D eigenvalue weighted by Gasteiger charge is 2.64.